The Kier molecular flexibility index (Phi) is 5.21. The lowest BCUT2D eigenvalue weighted by Crippen LogP contribution is -2.57. The summed E-state index contributed by atoms with van der Waals surface area (Å²) < 4.78 is 38.1. The second kappa shape index (κ2) is 6.62. The number of rotatable bonds is 2. The molecule has 2 aliphatic heterocycles. The molecule has 3 rings (SSSR count). The minimum atomic E-state index is -3.52. The van der Waals surface area contributed by atoms with Crippen LogP contribution in [-0.4, -0.2) is 51.1 Å². The van der Waals surface area contributed by atoms with E-state index >= 15 is 0 Å². The van der Waals surface area contributed by atoms with E-state index in [1.165, 1.54) is 0 Å². The number of ether oxygens (including phenoxy) is 2. The summed E-state index contributed by atoms with van der Waals surface area (Å²) in [4.78, 5) is 0.257. The summed E-state index contributed by atoms with van der Waals surface area (Å²) in [5.74, 6) is 1.10. The highest BCUT2D eigenvalue weighted by Crippen LogP contribution is 2.33. The largest absolute Gasteiger partial charge is 0.486 e. The van der Waals surface area contributed by atoms with Crippen molar-refractivity contribution in [3.05, 3.63) is 18.2 Å². The van der Waals surface area contributed by atoms with Gasteiger partial charge in [0.05, 0.1) is 4.90 Å². The van der Waals surface area contributed by atoms with Gasteiger partial charge in [-0.15, -0.1) is 12.4 Å². The first-order chi connectivity index (χ1) is 10.00. The molecule has 124 valence electrons. The van der Waals surface area contributed by atoms with Crippen LogP contribution in [-0.2, 0) is 10.0 Å². The predicted octanol–water partition coefficient (Wildman–Crippen LogP) is 1.25. The van der Waals surface area contributed by atoms with Gasteiger partial charge >= 0.3 is 0 Å². The van der Waals surface area contributed by atoms with Crippen LogP contribution in [0.15, 0.2) is 23.1 Å². The van der Waals surface area contributed by atoms with Crippen LogP contribution >= 0.6 is 12.4 Å². The number of fused-ring (bicyclic) bond motifs is 1. The van der Waals surface area contributed by atoms with Crippen molar-refractivity contribution >= 4 is 22.4 Å². The van der Waals surface area contributed by atoms with Gasteiger partial charge in [0.15, 0.2) is 11.5 Å². The average molecular weight is 349 g/mol. The molecule has 22 heavy (non-hydrogen) atoms. The van der Waals surface area contributed by atoms with E-state index in [1.54, 1.807) is 22.5 Å². The molecule has 1 aromatic rings. The molecule has 2 unspecified atom stereocenters. The van der Waals surface area contributed by atoms with Crippen molar-refractivity contribution in [1.82, 2.24) is 9.62 Å². The molecule has 2 aliphatic rings. The van der Waals surface area contributed by atoms with Crippen molar-refractivity contribution in [3.8, 4) is 11.5 Å². The van der Waals surface area contributed by atoms with Gasteiger partial charge < -0.3 is 14.8 Å². The van der Waals surface area contributed by atoms with Crippen molar-refractivity contribution < 1.29 is 17.9 Å². The third-order valence-electron chi connectivity index (χ3n) is 4.10. The number of hydrogen-bond donors (Lipinski definition) is 1. The molecule has 1 saturated heterocycles. The van der Waals surface area contributed by atoms with Crippen LogP contribution in [0.25, 0.3) is 0 Å². The minimum absolute atomic E-state index is 0. The Hall–Kier alpha value is -1.02. The fourth-order valence-corrected chi connectivity index (χ4v) is 4.40. The normalized spacial score (nSPS) is 25.4. The molecule has 2 heterocycles. The van der Waals surface area contributed by atoms with Crippen molar-refractivity contribution in [2.24, 2.45) is 0 Å². The summed E-state index contributed by atoms with van der Waals surface area (Å²) in [7, 11) is -3.52. The number of benzene rings is 1. The third-order valence-corrected chi connectivity index (χ3v) is 6.08. The van der Waals surface area contributed by atoms with Crippen molar-refractivity contribution in [1.29, 1.82) is 0 Å². The van der Waals surface area contributed by atoms with E-state index in [9.17, 15) is 8.42 Å². The van der Waals surface area contributed by atoms with E-state index in [4.69, 9.17) is 9.47 Å². The summed E-state index contributed by atoms with van der Waals surface area (Å²) >= 11 is 0. The second-order valence-corrected chi connectivity index (χ2v) is 7.30. The number of hydrogen-bond acceptors (Lipinski definition) is 5. The average Bonchev–Trinajstić information content (AvgIpc) is 2.49. The lowest BCUT2D eigenvalue weighted by Gasteiger charge is -2.37. The zero-order valence-corrected chi connectivity index (χ0v) is 14.2. The Morgan fingerprint density at radius 3 is 2.59 bits per heavy atom. The van der Waals surface area contributed by atoms with Gasteiger partial charge in [0.2, 0.25) is 10.0 Å². The summed E-state index contributed by atoms with van der Waals surface area (Å²) in [6.07, 6.45) is 0. The van der Waals surface area contributed by atoms with Gasteiger partial charge in [-0.1, -0.05) is 0 Å². The van der Waals surface area contributed by atoms with Gasteiger partial charge in [0.1, 0.15) is 13.2 Å². The maximum atomic E-state index is 12.8. The third kappa shape index (κ3) is 3.03. The monoisotopic (exact) mass is 348 g/mol. The number of sulfonamides is 1. The number of nitrogens with zero attached hydrogens (tertiary/aromatic N) is 1. The van der Waals surface area contributed by atoms with Crippen LogP contribution in [0.1, 0.15) is 13.8 Å². The fourth-order valence-electron chi connectivity index (χ4n) is 2.68. The van der Waals surface area contributed by atoms with Gasteiger partial charge in [0, 0.05) is 31.2 Å². The molecule has 0 radical (unpaired) electrons. The maximum Gasteiger partial charge on any atom is 0.243 e. The second-order valence-electron chi connectivity index (χ2n) is 5.40. The molecule has 0 amide bonds. The van der Waals surface area contributed by atoms with E-state index in [0.29, 0.717) is 37.8 Å². The van der Waals surface area contributed by atoms with Crippen LogP contribution in [0.4, 0.5) is 0 Å². The first-order valence-corrected chi connectivity index (χ1v) is 8.59. The first-order valence-electron chi connectivity index (χ1n) is 7.15. The Morgan fingerprint density at radius 2 is 1.86 bits per heavy atom. The lowest BCUT2D eigenvalue weighted by atomic mass is 10.1. The number of halogens is 1. The van der Waals surface area contributed by atoms with Crippen LogP contribution in [0.5, 0.6) is 11.5 Å². The molecule has 2 atom stereocenters. The smallest absolute Gasteiger partial charge is 0.243 e. The van der Waals surface area contributed by atoms with Crippen LogP contribution < -0.4 is 14.8 Å². The van der Waals surface area contributed by atoms with E-state index in [0.717, 1.165) is 0 Å². The van der Waals surface area contributed by atoms with E-state index in [2.05, 4.69) is 5.32 Å². The summed E-state index contributed by atoms with van der Waals surface area (Å²) in [5, 5.41) is 3.28. The van der Waals surface area contributed by atoms with Gasteiger partial charge in [-0.3, -0.25) is 0 Å². The SMILES string of the molecule is CC1NCCN(S(=O)(=O)c2ccc3c(c2)OCCO3)C1C.Cl. The van der Waals surface area contributed by atoms with Crippen LogP contribution in [0.2, 0.25) is 0 Å². The van der Waals surface area contributed by atoms with Crippen LogP contribution in [0.3, 0.4) is 0 Å². The number of piperazine rings is 1. The fraction of sp³-hybridized carbons (Fsp3) is 0.571. The molecule has 0 bridgehead atoms. The predicted molar refractivity (Wildman–Crippen MR) is 85.5 cm³/mol. The molecule has 8 heteroatoms. The summed E-state index contributed by atoms with van der Waals surface area (Å²) in [6, 6.07) is 4.85. The molecular formula is C14H21ClN2O4S. The van der Waals surface area contributed by atoms with Gasteiger partial charge in [-0.25, -0.2) is 8.42 Å². The summed E-state index contributed by atoms with van der Waals surface area (Å²) in [5.41, 5.74) is 0. The zero-order chi connectivity index (χ0) is 15.0. The van der Waals surface area contributed by atoms with E-state index in [1.807, 2.05) is 13.8 Å². The topological polar surface area (TPSA) is 67.9 Å². The minimum Gasteiger partial charge on any atom is -0.486 e. The zero-order valence-electron chi connectivity index (χ0n) is 12.6. The van der Waals surface area contributed by atoms with Gasteiger partial charge in [0.25, 0.3) is 0 Å². The van der Waals surface area contributed by atoms with Gasteiger partial charge in [-0.05, 0) is 26.0 Å². The molecule has 0 saturated carbocycles. The Bertz CT molecular complexity index is 638. The van der Waals surface area contributed by atoms with E-state index in [-0.39, 0.29) is 29.4 Å². The lowest BCUT2D eigenvalue weighted by molar-refractivity contribution is 0.171. The standard InChI is InChI=1S/C14H20N2O4S.ClH/c1-10-11(2)16(6-5-15-10)21(17,18)12-3-4-13-14(9-12)20-8-7-19-13;/h3-4,9-11,15H,5-8H2,1-2H3;1H. The molecule has 1 N–H and O–H groups in total. The van der Waals surface area contributed by atoms with E-state index < -0.39 is 10.0 Å². The number of nitrogens with one attached hydrogen (secondary N) is 1. The van der Waals surface area contributed by atoms with Crippen molar-refractivity contribution in [2.75, 3.05) is 26.3 Å². The maximum absolute atomic E-state index is 12.8. The van der Waals surface area contributed by atoms with Gasteiger partial charge in [-0.2, -0.15) is 4.31 Å². The molecule has 6 nitrogen and oxygen atoms in total. The highest BCUT2D eigenvalue weighted by atomic mass is 35.5. The molecule has 0 spiro atoms. The highest BCUT2D eigenvalue weighted by molar-refractivity contribution is 7.89. The molecule has 0 aromatic heterocycles. The highest BCUT2D eigenvalue weighted by Gasteiger charge is 2.35. The molecule has 1 fully saturated rings. The van der Waals surface area contributed by atoms with Crippen molar-refractivity contribution in [2.45, 2.75) is 30.8 Å². The molecule has 0 aliphatic carbocycles. The van der Waals surface area contributed by atoms with Crippen LogP contribution in [0, 0.1) is 0 Å². The molecular weight excluding hydrogens is 328 g/mol. The Morgan fingerprint density at radius 1 is 1.18 bits per heavy atom. The Balaban J connectivity index is 0.00000176. The summed E-state index contributed by atoms with van der Waals surface area (Å²) in [6.45, 7) is 5.99. The van der Waals surface area contributed by atoms with Crippen molar-refractivity contribution in [3.63, 3.8) is 0 Å². The molecule has 1 aromatic carbocycles. The first kappa shape index (κ1) is 17.3. The quantitative estimate of drug-likeness (QED) is 0.871. The Labute approximate surface area is 137 Å².